The van der Waals surface area contributed by atoms with Gasteiger partial charge in [0.25, 0.3) is 0 Å². The van der Waals surface area contributed by atoms with Crippen molar-refractivity contribution in [1.82, 2.24) is 0 Å². The molecule has 5 rings (SSSR count). The summed E-state index contributed by atoms with van der Waals surface area (Å²) in [6, 6.07) is 0. The normalized spacial score (nSPS) is 48.1. The number of hydrogen-bond acceptors (Lipinski definition) is 9. The maximum absolute atomic E-state index is 12.3. The van der Waals surface area contributed by atoms with Crippen molar-refractivity contribution in [2.75, 3.05) is 19.8 Å². The smallest absolute Gasteiger partial charge is 0.303 e. The van der Waals surface area contributed by atoms with E-state index in [-0.39, 0.29) is 42.2 Å². The lowest BCUT2D eigenvalue weighted by molar-refractivity contribution is -0.270. The summed E-state index contributed by atoms with van der Waals surface area (Å²) in [6.45, 7) is 9.74. The Morgan fingerprint density at radius 1 is 0.943 bits per heavy atom. The third kappa shape index (κ3) is 3.72. The second-order valence-electron chi connectivity index (χ2n) is 11.5. The van der Waals surface area contributed by atoms with Gasteiger partial charge in [-0.15, -0.1) is 0 Å². The van der Waals surface area contributed by atoms with Gasteiger partial charge in [-0.25, -0.2) is 0 Å². The molecule has 3 saturated heterocycles. The van der Waals surface area contributed by atoms with Crippen molar-refractivity contribution in [3.63, 3.8) is 0 Å². The number of carbonyl (C=O) groups is 3. The molecule has 2 aliphatic carbocycles. The lowest BCUT2D eigenvalue weighted by Gasteiger charge is -2.64. The van der Waals surface area contributed by atoms with E-state index in [0.29, 0.717) is 31.8 Å². The molecule has 196 valence electrons. The van der Waals surface area contributed by atoms with Crippen molar-refractivity contribution in [1.29, 1.82) is 0 Å². The van der Waals surface area contributed by atoms with E-state index in [4.69, 9.17) is 28.4 Å². The second-order valence-corrected chi connectivity index (χ2v) is 11.5. The molecular weight excluding hydrogens is 456 g/mol. The molecule has 0 unspecified atom stereocenters. The van der Waals surface area contributed by atoms with Crippen molar-refractivity contribution in [3.8, 4) is 0 Å². The number of rotatable bonds is 5. The zero-order chi connectivity index (χ0) is 25.2. The van der Waals surface area contributed by atoms with E-state index in [1.807, 2.05) is 0 Å². The molecule has 5 fully saturated rings. The summed E-state index contributed by atoms with van der Waals surface area (Å²) in [7, 11) is 0. The Balaban J connectivity index is 1.61. The zero-order valence-electron chi connectivity index (χ0n) is 21.4. The predicted octanol–water partition coefficient (Wildman–Crippen LogP) is 2.78. The highest BCUT2D eigenvalue weighted by Crippen LogP contribution is 2.70. The summed E-state index contributed by atoms with van der Waals surface area (Å²) in [4.78, 5) is 36.4. The molecule has 3 heterocycles. The molecule has 0 bridgehead atoms. The van der Waals surface area contributed by atoms with Crippen molar-refractivity contribution >= 4 is 17.9 Å². The molecular formula is C26H38O9. The monoisotopic (exact) mass is 494 g/mol. The third-order valence-corrected chi connectivity index (χ3v) is 9.85. The summed E-state index contributed by atoms with van der Waals surface area (Å²) in [5.41, 5.74) is -2.07. The van der Waals surface area contributed by atoms with Gasteiger partial charge in [0, 0.05) is 32.1 Å². The first-order chi connectivity index (χ1) is 16.5. The second kappa shape index (κ2) is 8.70. The first-order valence-corrected chi connectivity index (χ1v) is 12.9. The third-order valence-electron chi connectivity index (χ3n) is 9.85. The van der Waals surface area contributed by atoms with E-state index < -0.39 is 35.2 Å². The Morgan fingerprint density at radius 3 is 2.23 bits per heavy atom. The van der Waals surface area contributed by atoms with Gasteiger partial charge in [-0.3, -0.25) is 14.4 Å². The number of esters is 3. The molecule has 1 spiro atoms. The van der Waals surface area contributed by atoms with Crippen LogP contribution in [0.25, 0.3) is 0 Å². The highest BCUT2D eigenvalue weighted by molar-refractivity contribution is 5.67. The van der Waals surface area contributed by atoms with Gasteiger partial charge in [-0.1, -0.05) is 13.8 Å². The standard InChI is InChI=1S/C26H38O9/c1-14-10-22(34-17(4)29)25(12-31-15(2)27)19(6-7-20(33-16(3)28)26(25)13-32-26)24(14,5)21-11-18-8-9-30-23(18)35-21/h14,18-23H,6-13H2,1-5H3/t14-,18-,19-,20-,21+,22+,23+,24+,25+,26-/m0/s1. The van der Waals surface area contributed by atoms with Gasteiger partial charge in [0.2, 0.25) is 0 Å². The van der Waals surface area contributed by atoms with Crippen LogP contribution in [0.1, 0.15) is 66.7 Å². The lowest BCUT2D eigenvalue weighted by Crippen LogP contribution is -2.72. The van der Waals surface area contributed by atoms with Gasteiger partial charge in [0.1, 0.15) is 24.4 Å². The highest BCUT2D eigenvalue weighted by Gasteiger charge is 2.80. The van der Waals surface area contributed by atoms with Gasteiger partial charge in [-0.05, 0) is 43.9 Å². The van der Waals surface area contributed by atoms with E-state index >= 15 is 0 Å². The number of fused-ring (bicyclic) bond motifs is 3. The van der Waals surface area contributed by atoms with Gasteiger partial charge in [0.05, 0.1) is 24.7 Å². The Kier molecular flexibility index (Phi) is 6.20. The van der Waals surface area contributed by atoms with Crippen LogP contribution in [0.2, 0.25) is 0 Å². The van der Waals surface area contributed by atoms with Crippen LogP contribution >= 0.6 is 0 Å². The molecule has 35 heavy (non-hydrogen) atoms. The SMILES string of the molecule is CC(=O)OC[C@]12[C@H](OC(C)=O)C[C@H](C)[C@@](C)([C@H]3C[C@@H]4CCO[C@@H]4O3)[C@@H]1CC[C@H](OC(C)=O)[C@@]21CO1. The molecule has 0 aromatic heterocycles. The highest BCUT2D eigenvalue weighted by atomic mass is 16.7. The fourth-order valence-corrected chi connectivity index (χ4v) is 8.09. The molecule has 0 radical (unpaired) electrons. The molecule has 0 amide bonds. The number of epoxide rings is 1. The van der Waals surface area contributed by atoms with Gasteiger partial charge in [-0.2, -0.15) is 0 Å². The number of carbonyl (C=O) groups excluding carboxylic acids is 3. The molecule has 2 saturated carbocycles. The minimum atomic E-state index is -0.885. The van der Waals surface area contributed by atoms with E-state index in [1.165, 1.54) is 20.8 Å². The molecule has 0 aromatic carbocycles. The predicted molar refractivity (Wildman–Crippen MR) is 121 cm³/mol. The molecule has 0 aromatic rings. The van der Waals surface area contributed by atoms with E-state index in [1.54, 1.807) is 0 Å². The summed E-state index contributed by atoms with van der Waals surface area (Å²) >= 11 is 0. The Labute approximate surface area is 206 Å². The topological polar surface area (TPSA) is 110 Å². The van der Waals surface area contributed by atoms with E-state index in [9.17, 15) is 14.4 Å². The van der Waals surface area contributed by atoms with Crippen LogP contribution in [0.4, 0.5) is 0 Å². The van der Waals surface area contributed by atoms with Crippen LogP contribution < -0.4 is 0 Å². The summed E-state index contributed by atoms with van der Waals surface area (Å²) < 4.78 is 36.2. The lowest BCUT2D eigenvalue weighted by atomic mass is 9.42. The van der Waals surface area contributed by atoms with Crippen molar-refractivity contribution in [3.05, 3.63) is 0 Å². The first kappa shape index (κ1) is 25.0. The fourth-order valence-electron chi connectivity index (χ4n) is 8.09. The maximum atomic E-state index is 12.3. The summed E-state index contributed by atoms with van der Waals surface area (Å²) in [5.74, 6) is -0.705. The minimum absolute atomic E-state index is 0.0289. The van der Waals surface area contributed by atoms with Crippen molar-refractivity contribution in [2.45, 2.75) is 96.9 Å². The van der Waals surface area contributed by atoms with Crippen molar-refractivity contribution in [2.24, 2.45) is 28.6 Å². The Morgan fingerprint density at radius 2 is 1.63 bits per heavy atom. The minimum Gasteiger partial charge on any atom is -0.465 e. The van der Waals surface area contributed by atoms with Crippen LogP contribution in [0.3, 0.4) is 0 Å². The van der Waals surface area contributed by atoms with Crippen LogP contribution in [0.15, 0.2) is 0 Å². The van der Waals surface area contributed by atoms with Crippen LogP contribution in [0, 0.1) is 28.6 Å². The van der Waals surface area contributed by atoms with Gasteiger partial charge in [0.15, 0.2) is 6.29 Å². The molecule has 9 nitrogen and oxygen atoms in total. The van der Waals surface area contributed by atoms with E-state index in [2.05, 4.69) is 13.8 Å². The molecule has 10 atom stereocenters. The average molecular weight is 495 g/mol. The van der Waals surface area contributed by atoms with Crippen molar-refractivity contribution < 1.29 is 42.8 Å². The number of ether oxygens (including phenoxy) is 6. The first-order valence-electron chi connectivity index (χ1n) is 12.9. The summed E-state index contributed by atoms with van der Waals surface area (Å²) in [6.07, 6.45) is 2.52. The van der Waals surface area contributed by atoms with Gasteiger partial charge >= 0.3 is 17.9 Å². The van der Waals surface area contributed by atoms with Crippen LogP contribution in [0.5, 0.6) is 0 Å². The van der Waals surface area contributed by atoms with E-state index in [0.717, 1.165) is 19.4 Å². The molecule has 5 aliphatic rings. The average Bonchev–Trinajstić information content (AvgIpc) is 3.26. The summed E-state index contributed by atoms with van der Waals surface area (Å²) in [5, 5.41) is 0. The molecule has 3 aliphatic heterocycles. The van der Waals surface area contributed by atoms with Crippen LogP contribution in [-0.4, -0.2) is 67.9 Å². The number of hydrogen-bond donors (Lipinski definition) is 0. The maximum Gasteiger partial charge on any atom is 0.303 e. The quantitative estimate of drug-likeness (QED) is 0.324. The fraction of sp³-hybridized carbons (Fsp3) is 0.885. The molecule has 9 heteroatoms. The van der Waals surface area contributed by atoms with Crippen LogP contribution in [-0.2, 0) is 42.8 Å². The largest absolute Gasteiger partial charge is 0.465 e. The Hall–Kier alpha value is -1.71. The zero-order valence-corrected chi connectivity index (χ0v) is 21.4. The van der Waals surface area contributed by atoms with Gasteiger partial charge < -0.3 is 28.4 Å². The molecule has 0 N–H and O–H groups in total. The Bertz CT molecular complexity index is 872.